The first kappa shape index (κ1) is 13.9. The van der Waals surface area contributed by atoms with Crippen LogP contribution < -0.4 is 4.74 Å². The number of rotatable bonds is 4. The summed E-state index contributed by atoms with van der Waals surface area (Å²) in [4.78, 5) is 0. The van der Waals surface area contributed by atoms with Crippen LogP contribution in [0.2, 0.25) is 0 Å². The van der Waals surface area contributed by atoms with Crippen molar-refractivity contribution in [2.75, 3.05) is 6.61 Å². The Kier molecular flexibility index (Phi) is 4.12. The van der Waals surface area contributed by atoms with Crippen molar-refractivity contribution < 1.29 is 13.5 Å². The molecule has 0 unspecified atom stereocenters. The minimum Gasteiger partial charge on any atom is -0.487 e. The molecule has 0 aliphatic rings. The third kappa shape index (κ3) is 3.69. The lowest BCUT2D eigenvalue weighted by molar-refractivity contribution is -0.0231. The van der Waals surface area contributed by atoms with E-state index in [9.17, 15) is 8.78 Å². The van der Waals surface area contributed by atoms with Crippen molar-refractivity contribution in [3.63, 3.8) is 0 Å². The number of halogens is 2. The molecule has 1 aromatic rings. The third-order valence-electron chi connectivity index (χ3n) is 2.88. The van der Waals surface area contributed by atoms with Crippen molar-refractivity contribution in [3.8, 4) is 5.75 Å². The molecule has 0 aliphatic heterocycles. The molecule has 0 heterocycles. The van der Waals surface area contributed by atoms with Crippen molar-refractivity contribution in [3.05, 3.63) is 28.8 Å². The van der Waals surface area contributed by atoms with E-state index >= 15 is 0 Å². The lowest BCUT2D eigenvalue weighted by Crippen LogP contribution is -2.21. The van der Waals surface area contributed by atoms with Crippen LogP contribution in [0.1, 0.15) is 43.4 Å². The second-order valence-corrected chi connectivity index (χ2v) is 4.92. The van der Waals surface area contributed by atoms with Crippen LogP contribution in [0.3, 0.4) is 0 Å². The van der Waals surface area contributed by atoms with Crippen molar-refractivity contribution in [1.29, 1.82) is 0 Å². The van der Waals surface area contributed by atoms with Gasteiger partial charge < -0.3 is 4.74 Å². The second-order valence-electron chi connectivity index (χ2n) is 4.92. The van der Waals surface area contributed by atoms with Crippen LogP contribution >= 0.6 is 0 Å². The molecular weight excluding hydrogens is 222 g/mol. The molecular formula is C14H20F2O. The summed E-state index contributed by atoms with van der Waals surface area (Å²) in [5, 5.41) is 0. The summed E-state index contributed by atoms with van der Waals surface area (Å²) < 4.78 is 30.6. The zero-order valence-electron chi connectivity index (χ0n) is 11.1. The highest BCUT2D eigenvalue weighted by atomic mass is 19.3. The van der Waals surface area contributed by atoms with Gasteiger partial charge in [-0.25, -0.2) is 8.78 Å². The first-order valence-electron chi connectivity index (χ1n) is 5.83. The van der Waals surface area contributed by atoms with Crippen LogP contribution in [-0.4, -0.2) is 12.5 Å². The highest BCUT2D eigenvalue weighted by Crippen LogP contribution is 2.29. The maximum atomic E-state index is 12.7. The van der Waals surface area contributed by atoms with Crippen molar-refractivity contribution in [2.45, 2.75) is 46.5 Å². The van der Waals surface area contributed by atoms with Crippen LogP contribution in [-0.2, 0) is 0 Å². The Morgan fingerprint density at radius 3 is 2.24 bits per heavy atom. The number of hydrogen-bond donors (Lipinski definition) is 0. The van der Waals surface area contributed by atoms with Gasteiger partial charge in [-0.3, -0.25) is 0 Å². The number of ether oxygens (including phenoxy) is 1. The monoisotopic (exact) mass is 242 g/mol. The first-order valence-corrected chi connectivity index (χ1v) is 5.83. The molecule has 3 heteroatoms. The zero-order valence-corrected chi connectivity index (χ0v) is 11.1. The normalized spacial score (nSPS) is 12.0. The Hall–Kier alpha value is -1.12. The number of hydrogen-bond acceptors (Lipinski definition) is 1. The van der Waals surface area contributed by atoms with Crippen molar-refractivity contribution in [2.24, 2.45) is 0 Å². The van der Waals surface area contributed by atoms with E-state index in [1.54, 1.807) is 6.07 Å². The van der Waals surface area contributed by atoms with Crippen LogP contribution in [0.5, 0.6) is 5.75 Å². The average molecular weight is 242 g/mol. The summed E-state index contributed by atoms with van der Waals surface area (Å²) in [5.74, 6) is -1.82. The van der Waals surface area contributed by atoms with E-state index in [1.807, 2.05) is 19.9 Å². The molecule has 0 amide bonds. The maximum Gasteiger partial charge on any atom is 0.278 e. The lowest BCUT2D eigenvalue weighted by atomic mass is 9.94. The quantitative estimate of drug-likeness (QED) is 0.757. The van der Waals surface area contributed by atoms with Crippen LogP contribution in [0, 0.1) is 13.8 Å². The maximum absolute atomic E-state index is 12.7. The Bertz CT molecular complexity index is 392. The third-order valence-corrected chi connectivity index (χ3v) is 2.88. The molecule has 0 N–H and O–H groups in total. The van der Waals surface area contributed by atoms with Gasteiger partial charge >= 0.3 is 0 Å². The van der Waals surface area contributed by atoms with Gasteiger partial charge in [0.15, 0.2) is 6.61 Å². The highest BCUT2D eigenvalue weighted by Gasteiger charge is 2.22. The largest absolute Gasteiger partial charge is 0.487 e. The van der Waals surface area contributed by atoms with E-state index in [0.717, 1.165) is 18.1 Å². The van der Waals surface area contributed by atoms with Gasteiger partial charge in [-0.1, -0.05) is 19.9 Å². The summed E-state index contributed by atoms with van der Waals surface area (Å²) in [6.07, 6.45) is 0. The predicted molar refractivity (Wildman–Crippen MR) is 66.1 cm³/mol. The molecule has 1 nitrogen and oxygen atoms in total. The number of alkyl halides is 2. The van der Waals surface area contributed by atoms with Crippen LogP contribution in [0.4, 0.5) is 8.78 Å². The molecule has 0 saturated heterocycles. The van der Waals surface area contributed by atoms with Crippen LogP contribution in [0.15, 0.2) is 12.1 Å². The van der Waals surface area contributed by atoms with Gasteiger partial charge in [0.1, 0.15) is 5.75 Å². The van der Waals surface area contributed by atoms with Gasteiger partial charge in [-0.05, 0) is 42.5 Å². The summed E-state index contributed by atoms with van der Waals surface area (Å²) >= 11 is 0. The van der Waals surface area contributed by atoms with Gasteiger partial charge in [0.05, 0.1) is 0 Å². The van der Waals surface area contributed by atoms with Crippen LogP contribution in [0.25, 0.3) is 0 Å². The predicted octanol–water partition coefficient (Wildman–Crippen LogP) is 4.46. The molecule has 0 saturated carbocycles. The Labute approximate surface area is 102 Å². The second kappa shape index (κ2) is 5.03. The van der Waals surface area contributed by atoms with Crippen molar-refractivity contribution >= 4 is 0 Å². The summed E-state index contributed by atoms with van der Waals surface area (Å²) in [6.45, 7) is 8.42. The minimum absolute atomic E-state index is 0.426. The molecule has 1 rings (SSSR count). The SMILES string of the molecule is Cc1c(OCC(C)(F)F)ccc(C(C)C)c1C. The zero-order chi connectivity index (χ0) is 13.2. The minimum atomic E-state index is -2.79. The molecule has 0 bridgehead atoms. The highest BCUT2D eigenvalue weighted by molar-refractivity contribution is 5.44. The van der Waals surface area contributed by atoms with E-state index in [-0.39, 0.29) is 0 Å². The molecule has 0 radical (unpaired) electrons. The molecule has 1 aromatic carbocycles. The van der Waals surface area contributed by atoms with Crippen molar-refractivity contribution in [1.82, 2.24) is 0 Å². The van der Waals surface area contributed by atoms with E-state index in [4.69, 9.17) is 4.74 Å². The fourth-order valence-electron chi connectivity index (χ4n) is 1.80. The van der Waals surface area contributed by atoms with Gasteiger partial charge in [0.25, 0.3) is 5.92 Å². The standard InChI is InChI=1S/C14H20F2O/c1-9(2)12-6-7-13(11(4)10(12)3)17-8-14(5,15)16/h6-7,9H,8H2,1-5H3. The average Bonchev–Trinajstić information content (AvgIpc) is 2.18. The molecule has 0 aromatic heterocycles. The first-order chi connectivity index (χ1) is 7.72. The number of benzene rings is 1. The molecule has 0 fully saturated rings. The topological polar surface area (TPSA) is 9.23 Å². The fourth-order valence-corrected chi connectivity index (χ4v) is 1.80. The summed E-state index contributed by atoms with van der Waals surface area (Å²) in [6, 6.07) is 3.74. The lowest BCUT2D eigenvalue weighted by Gasteiger charge is -2.18. The Morgan fingerprint density at radius 2 is 1.76 bits per heavy atom. The van der Waals surface area contributed by atoms with Gasteiger partial charge in [-0.15, -0.1) is 0 Å². The smallest absolute Gasteiger partial charge is 0.278 e. The van der Waals surface area contributed by atoms with E-state index < -0.39 is 12.5 Å². The Morgan fingerprint density at radius 1 is 1.18 bits per heavy atom. The molecule has 17 heavy (non-hydrogen) atoms. The fraction of sp³-hybridized carbons (Fsp3) is 0.571. The molecule has 0 aliphatic carbocycles. The van der Waals surface area contributed by atoms with Gasteiger partial charge in [-0.2, -0.15) is 0 Å². The Balaban J connectivity index is 2.93. The van der Waals surface area contributed by atoms with E-state index in [0.29, 0.717) is 11.7 Å². The summed E-state index contributed by atoms with van der Waals surface area (Å²) in [7, 11) is 0. The molecule has 0 spiro atoms. The van der Waals surface area contributed by atoms with E-state index in [2.05, 4.69) is 13.8 Å². The van der Waals surface area contributed by atoms with Gasteiger partial charge in [0.2, 0.25) is 0 Å². The van der Waals surface area contributed by atoms with Gasteiger partial charge in [0, 0.05) is 6.92 Å². The summed E-state index contributed by atoms with van der Waals surface area (Å²) in [5.41, 5.74) is 3.30. The molecule has 96 valence electrons. The molecule has 0 atom stereocenters. The van der Waals surface area contributed by atoms with E-state index in [1.165, 1.54) is 5.56 Å².